The highest BCUT2D eigenvalue weighted by atomic mass is 16.3. The molecule has 1 saturated carbocycles. The molecule has 2 rings (SSSR count). The summed E-state index contributed by atoms with van der Waals surface area (Å²) < 4.78 is 0. The van der Waals surface area contributed by atoms with E-state index < -0.39 is 0 Å². The Kier molecular flexibility index (Phi) is 3.97. The quantitative estimate of drug-likeness (QED) is 0.768. The third-order valence-corrected chi connectivity index (χ3v) is 3.44. The van der Waals surface area contributed by atoms with E-state index >= 15 is 0 Å². The van der Waals surface area contributed by atoms with Crippen molar-refractivity contribution in [3.8, 4) is 0 Å². The van der Waals surface area contributed by atoms with Gasteiger partial charge < -0.3 is 10.4 Å². The van der Waals surface area contributed by atoms with Crippen LogP contribution in [0, 0.1) is 5.92 Å². The summed E-state index contributed by atoms with van der Waals surface area (Å²) >= 11 is 0. The lowest BCUT2D eigenvalue weighted by molar-refractivity contribution is 0.268. The molecule has 0 heterocycles. The Bertz CT molecular complexity index is 312. The highest BCUT2D eigenvalue weighted by Crippen LogP contribution is 2.46. The molecule has 1 aliphatic carbocycles. The molecule has 1 aromatic rings. The first kappa shape index (κ1) is 11.6. The Hall–Kier alpha value is -0.860. The van der Waals surface area contributed by atoms with E-state index in [1.165, 1.54) is 12.0 Å². The minimum Gasteiger partial charge on any atom is -0.396 e. The van der Waals surface area contributed by atoms with E-state index in [2.05, 4.69) is 42.6 Å². The Balaban J connectivity index is 1.72. The van der Waals surface area contributed by atoms with Crippen LogP contribution in [-0.4, -0.2) is 24.3 Å². The van der Waals surface area contributed by atoms with Gasteiger partial charge in [0.05, 0.1) is 0 Å². The highest BCUT2D eigenvalue weighted by molar-refractivity contribution is 5.25. The zero-order chi connectivity index (χ0) is 11.4. The Morgan fingerprint density at radius 2 is 2.12 bits per heavy atom. The zero-order valence-corrected chi connectivity index (χ0v) is 9.89. The van der Waals surface area contributed by atoms with Crippen LogP contribution in [0.25, 0.3) is 0 Å². The Labute approximate surface area is 97.7 Å². The molecule has 0 aliphatic heterocycles. The van der Waals surface area contributed by atoms with Crippen LogP contribution in [0.1, 0.15) is 31.2 Å². The molecule has 1 fully saturated rings. The van der Waals surface area contributed by atoms with Crippen molar-refractivity contribution < 1.29 is 5.11 Å². The highest BCUT2D eigenvalue weighted by Gasteiger charge is 2.37. The van der Waals surface area contributed by atoms with E-state index in [-0.39, 0.29) is 6.61 Å². The van der Waals surface area contributed by atoms with Crippen molar-refractivity contribution in [1.82, 2.24) is 5.32 Å². The molecule has 16 heavy (non-hydrogen) atoms. The van der Waals surface area contributed by atoms with Gasteiger partial charge in [-0.3, -0.25) is 0 Å². The summed E-state index contributed by atoms with van der Waals surface area (Å²) in [6.45, 7) is 3.50. The molecule has 0 radical (unpaired) electrons. The normalized spacial score (nSPS) is 25.4. The van der Waals surface area contributed by atoms with Crippen LogP contribution < -0.4 is 5.32 Å². The van der Waals surface area contributed by atoms with Gasteiger partial charge in [-0.2, -0.15) is 0 Å². The third kappa shape index (κ3) is 3.06. The fourth-order valence-corrected chi connectivity index (χ4v) is 2.23. The van der Waals surface area contributed by atoms with Gasteiger partial charge in [-0.1, -0.05) is 30.3 Å². The maximum absolute atomic E-state index is 8.81. The van der Waals surface area contributed by atoms with Gasteiger partial charge in [-0.15, -0.1) is 0 Å². The predicted octanol–water partition coefficient (Wildman–Crippen LogP) is 2.15. The van der Waals surface area contributed by atoms with Gasteiger partial charge in [0, 0.05) is 12.6 Å². The van der Waals surface area contributed by atoms with Gasteiger partial charge in [-0.25, -0.2) is 0 Å². The summed E-state index contributed by atoms with van der Waals surface area (Å²) in [5.74, 6) is 1.55. The van der Waals surface area contributed by atoms with Crippen LogP contribution >= 0.6 is 0 Å². The average molecular weight is 219 g/mol. The number of aliphatic hydroxyl groups is 1. The van der Waals surface area contributed by atoms with E-state index in [1.54, 1.807) is 0 Å². The number of hydrogen-bond donors (Lipinski definition) is 2. The summed E-state index contributed by atoms with van der Waals surface area (Å²) in [4.78, 5) is 0. The summed E-state index contributed by atoms with van der Waals surface area (Å²) in [6.07, 6.45) is 2.16. The first-order chi connectivity index (χ1) is 7.81. The number of nitrogens with one attached hydrogen (secondary N) is 1. The molecule has 2 nitrogen and oxygen atoms in total. The van der Waals surface area contributed by atoms with Crippen molar-refractivity contribution in [2.75, 3.05) is 13.2 Å². The van der Waals surface area contributed by atoms with E-state index in [1.807, 2.05) is 0 Å². The number of hydrogen-bond acceptors (Lipinski definition) is 2. The lowest BCUT2D eigenvalue weighted by atomic mass is 10.1. The fourth-order valence-electron chi connectivity index (χ4n) is 2.23. The summed E-state index contributed by atoms with van der Waals surface area (Å²) in [5.41, 5.74) is 1.48. The lowest BCUT2D eigenvalue weighted by Crippen LogP contribution is -2.29. The zero-order valence-electron chi connectivity index (χ0n) is 9.89. The van der Waals surface area contributed by atoms with Crippen LogP contribution in [0.5, 0.6) is 0 Å². The predicted molar refractivity (Wildman–Crippen MR) is 66.5 cm³/mol. The largest absolute Gasteiger partial charge is 0.396 e. The molecule has 1 aromatic carbocycles. The van der Waals surface area contributed by atoms with Gasteiger partial charge in [0.2, 0.25) is 0 Å². The van der Waals surface area contributed by atoms with Gasteiger partial charge in [0.25, 0.3) is 0 Å². The second-order valence-corrected chi connectivity index (χ2v) is 4.83. The molecule has 0 saturated heterocycles. The molecule has 3 atom stereocenters. The summed E-state index contributed by atoms with van der Waals surface area (Å²) in [7, 11) is 0. The molecule has 0 spiro atoms. The second kappa shape index (κ2) is 5.46. The molecule has 0 bridgehead atoms. The lowest BCUT2D eigenvalue weighted by Gasteiger charge is -2.11. The van der Waals surface area contributed by atoms with Crippen molar-refractivity contribution in [2.45, 2.75) is 31.7 Å². The molecule has 88 valence electrons. The van der Waals surface area contributed by atoms with Crippen LogP contribution in [0.3, 0.4) is 0 Å². The van der Waals surface area contributed by atoms with E-state index in [9.17, 15) is 0 Å². The molecule has 3 unspecified atom stereocenters. The standard InChI is InChI=1S/C14H21NO/c1-11(7-8-16)15-10-13-9-14(13)12-5-3-2-4-6-12/h2-6,11,13-16H,7-10H2,1H3. The number of rotatable bonds is 6. The molecular weight excluding hydrogens is 198 g/mol. The van der Waals surface area contributed by atoms with Gasteiger partial charge in [-0.05, 0) is 43.7 Å². The molecule has 2 N–H and O–H groups in total. The Morgan fingerprint density at radius 1 is 1.38 bits per heavy atom. The van der Waals surface area contributed by atoms with Gasteiger partial charge >= 0.3 is 0 Å². The minimum absolute atomic E-state index is 0.279. The fraction of sp³-hybridized carbons (Fsp3) is 0.571. The topological polar surface area (TPSA) is 32.3 Å². The van der Waals surface area contributed by atoms with Crippen molar-refractivity contribution in [2.24, 2.45) is 5.92 Å². The van der Waals surface area contributed by atoms with Crippen LogP contribution in [0.4, 0.5) is 0 Å². The molecule has 0 aromatic heterocycles. The van der Waals surface area contributed by atoms with Crippen LogP contribution in [-0.2, 0) is 0 Å². The minimum atomic E-state index is 0.279. The molecule has 1 aliphatic rings. The average Bonchev–Trinajstić information content (AvgIpc) is 3.07. The van der Waals surface area contributed by atoms with E-state index in [4.69, 9.17) is 5.11 Å². The molecular formula is C14H21NO. The first-order valence-electron chi connectivity index (χ1n) is 6.20. The van der Waals surface area contributed by atoms with Gasteiger partial charge in [0.1, 0.15) is 0 Å². The van der Waals surface area contributed by atoms with Crippen molar-refractivity contribution >= 4 is 0 Å². The van der Waals surface area contributed by atoms with Crippen molar-refractivity contribution in [3.05, 3.63) is 35.9 Å². The van der Waals surface area contributed by atoms with Crippen LogP contribution in [0.15, 0.2) is 30.3 Å². The van der Waals surface area contributed by atoms with E-state index in [0.717, 1.165) is 24.8 Å². The van der Waals surface area contributed by atoms with Crippen molar-refractivity contribution in [3.63, 3.8) is 0 Å². The monoisotopic (exact) mass is 219 g/mol. The molecule has 0 amide bonds. The number of aliphatic hydroxyl groups excluding tert-OH is 1. The SMILES string of the molecule is CC(CCO)NCC1CC1c1ccccc1. The first-order valence-corrected chi connectivity index (χ1v) is 6.20. The van der Waals surface area contributed by atoms with Crippen LogP contribution in [0.2, 0.25) is 0 Å². The maximum Gasteiger partial charge on any atom is 0.0445 e. The smallest absolute Gasteiger partial charge is 0.0445 e. The summed E-state index contributed by atoms with van der Waals surface area (Å²) in [6, 6.07) is 11.2. The maximum atomic E-state index is 8.81. The van der Waals surface area contributed by atoms with Crippen molar-refractivity contribution in [1.29, 1.82) is 0 Å². The second-order valence-electron chi connectivity index (χ2n) is 4.83. The number of benzene rings is 1. The summed E-state index contributed by atoms with van der Waals surface area (Å²) in [5, 5.41) is 12.3. The van der Waals surface area contributed by atoms with Gasteiger partial charge in [0.15, 0.2) is 0 Å². The Morgan fingerprint density at radius 3 is 2.81 bits per heavy atom. The third-order valence-electron chi connectivity index (χ3n) is 3.44. The molecule has 2 heteroatoms. The van der Waals surface area contributed by atoms with E-state index in [0.29, 0.717) is 6.04 Å².